The van der Waals surface area contributed by atoms with E-state index < -0.39 is 0 Å². The number of nitrogens with one attached hydrogen (secondary N) is 1. The summed E-state index contributed by atoms with van der Waals surface area (Å²) in [5.74, 6) is -0.00485. The summed E-state index contributed by atoms with van der Waals surface area (Å²) >= 11 is 0. The van der Waals surface area contributed by atoms with Gasteiger partial charge in [0.05, 0.1) is 12.6 Å². The lowest BCUT2D eigenvalue weighted by atomic mass is 10.1. The van der Waals surface area contributed by atoms with Crippen LogP contribution in [0.1, 0.15) is 73.0 Å². The number of carbonyl (C=O) groups excluding carboxylic acids is 2. The van der Waals surface area contributed by atoms with E-state index in [2.05, 4.69) is 41.5 Å². The second kappa shape index (κ2) is 10.5. The van der Waals surface area contributed by atoms with Gasteiger partial charge in [-0.3, -0.25) is 9.59 Å². The number of rotatable bonds is 10. The number of imidazole rings is 1. The Morgan fingerprint density at radius 1 is 0.970 bits per heavy atom. The number of ether oxygens (including phenoxy) is 1. The minimum atomic E-state index is -0.330. The number of hydrogen-bond acceptors (Lipinski definition) is 4. The monoisotopic (exact) mass is 445 g/mol. The number of fused-ring (bicyclic) bond motifs is 3. The van der Waals surface area contributed by atoms with E-state index in [4.69, 9.17) is 4.74 Å². The first kappa shape index (κ1) is 22.8. The van der Waals surface area contributed by atoms with Crippen LogP contribution in [0.25, 0.3) is 11.1 Å². The first-order valence-corrected chi connectivity index (χ1v) is 11.8. The number of nitrogens with zero attached hydrogens (tertiary/aromatic N) is 2. The van der Waals surface area contributed by atoms with Crippen molar-refractivity contribution >= 4 is 11.9 Å². The Hall–Kier alpha value is -3.41. The van der Waals surface area contributed by atoms with Crippen LogP contribution in [-0.4, -0.2) is 28.0 Å². The van der Waals surface area contributed by atoms with Gasteiger partial charge in [0.25, 0.3) is 5.91 Å². The maximum atomic E-state index is 13.3. The molecule has 0 atom stereocenters. The third-order valence-electron chi connectivity index (χ3n) is 6.06. The average Bonchev–Trinajstić information content (AvgIpc) is 3.36. The van der Waals surface area contributed by atoms with E-state index in [9.17, 15) is 9.59 Å². The van der Waals surface area contributed by atoms with Gasteiger partial charge in [0.1, 0.15) is 17.9 Å². The van der Waals surface area contributed by atoms with Crippen molar-refractivity contribution < 1.29 is 14.3 Å². The zero-order valence-corrected chi connectivity index (χ0v) is 19.3. The summed E-state index contributed by atoms with van der Waals surface area (Å²) in [6.45, 7) is 5.00. The number of amides is 1. The number of benzene rings is 2. The zero-order valence-electron chi connectivity index (χ0n) is 19.3. The maximum Gasteiger partial charge on any atom is 0.313 e. The minimum absolute atomic E-state index is 0.0595. The molecule has 6 nitrogen and oxygen atoms in total. The molecule has 1 amide bonds. The largest absolute Gasteiger partial charge is 0.466 e. The Balaban J connectivity index is 1.56. The average molecular weight is 446 g/mol. The molecule has 1 N–H and O–H groups in total. The SMILES string of the molecule is CCCCCCn1cc(C(=O)NC2c3ccccc3-c3ccccc32)nc1CC(=O)OCC. The topological polar surface area (TPSA) is 73.2 Å². The van der Waals surface area contributed by atoms with Crippen molar-refractivity contribution in [1.82, 2.24) is 14.9 Å². The molecular weight excluding hydrogens is 414 g/mol. The van der Waals surface area contributed by atoms with Gasteiger partial charge in [-0.15, -0.1) is 0 Å². The van der Waals surface area contributed by atoms with Crippen molar-refractivity contribution in [2.75, 3.05) is 6.61 Å². The van der Waals surface area contributed by atoms with Gasteiger partial charge in [-0.05, 0) is 35.6 Å². The van der Waals surface area contributed by atoms with E-state index in [-0.39, 0.29) is 24.3 Å². The van der Waals surface area contributed by atoms with Gasteiger partial charge in [-0.1, -0.05) is 74.7 Å². The van der Waals surface area contributed by atoms with Crippen LogP contribution >= 0.6 is 0 Å². The third-order valence-corrected chi connectivity index (χ3v) is 6.06. The molecule has 6 heteroatoms. The quantitative estimate of drug-likeness (QED) is 0.349. The minimum Gasteiger partial charge on any atom is -0.466 e. The van der Waals surface area contributed by atoms with Crippen molar-refractivity contribution in [2.24, 2.45) is 0 Å². The molecule has 2 aromatic carbocycles. The van der Waals surface area contributed by atoms with Crippen LogP contribution in [0.4, 0.5) is 0 Å². The number of carbonyl (C=O) groups is 2. The highest BCUT2D eigenvalue weighted by Gasteiger charge is 2.30. The summed E-state index contributed by atoms with van der Waals surface area (Å²) in [6.07, 6.45) is 6.22. The normalized spacial score (nSPS) is 12.3. The zero-order chi connectivity index (χ0) is 23.2. The Morgan fingerprint density at radius 2 is 1.64 bits per heavy atom. The van der Waals surface area contributed by atoms with Crippen LogP contribution < -0.4 is 5.32 Å². The van der Waals surface area contributed by atoms with Crippen molar-refractivity contribution in [3.8, 4) is 11.1 Å². The van der Waals surface area contributed by atoms with E-state index in [1.165, 1.54) is 0 Å². The van der Waals surface area contributed by atoms with Gasteiger partial charge >= 0.3 is 5.97 Å². The molecule has 4 rings (SSSR count). The summed E-state index contributed by atoms with van der Waals surface area (Å²) in [5, 5.41) is 3.17. The highest BCUT2D eigenvalue weighted by Crippen LogP contribution is 2.43. The van der Waals surface area contributed by atoms with Crippen molar-refractivity contribution in [2.45, 2.75) is 58.5 Å². The molecule has 0 aliphatic heterocycles. The lowest BCUT2D eigenvalue weighted by Crippen LogP contribution is -2.28. The van der Waals surface area contributed by atoms with Gasteiger partial charge in [0.15, 0.2) is 0 Å². The first-order chi connectivity index (χ1) is 16.1. The van der Waals surface area contributed by atoms with E-state index in [0.717, 1.165) is 54.5 Å². The summed E-state index contributed by atoms with van der Waals surface area (Å²) in [6, 6.07) is 16.1. The molecule has 0 saturated heterocycles. The molecule has 0 radical (unpaired) electrons. The third kappa shape index (κ3) is 5.00. The summed E-state index contributed by atoms with van der Waals surface area (Å²) < 4.78 is 7.04. The van der Waals surface area contributed by atoms with Gasteiger partial charge in [-0.25, -0.2) is 4.98 Å². The van der Waals surface area contributed by atoms with Gasteiger partial charge < -0.3 is 14.6 Å². The molecule has 0 bridgehead atoms. The molecule has 172 valence electrons. The van der Waals surface area contributed by atoms with Crippen LogP contribution in [0.5, 0.6) is 0 Å². The number of aromatic nitrogens is 2. The standard InChI is InChI=1S/C27H31N3O3/c1-3-5-6-11-16-30-18-23(28-24(30)17-25(31)33-4-2)27(32)29-26-21-14-9-7-12-19(21)20-13-8-10-15-22(20)26/h7-10,12-15,18,26H,3-6,11,16-17H2,1-2H3,(H,29,32). The number of hydrogen-bond donors (Lipinski definition) is 1. The molecule has 33 heavy (non-hydrogen) atoms. The fourth-order valence-corrected chi connectivity index (χ4v) is 4.46. The summed E-state index contributed by atoms with van der Waals surface area (Å²) in [7, 11) is 0. The highest BCUT2D eigenvalue weighted by molar-refractivity contribution is 5.94. The predicted molar refractivity (Wildman–Crippen MR) is 128 cm³/mol. The second-order valence-electron chi connectivity index (χ2n) is 8.36. The van der Waals surface area contributed by atoms with Crippen LogP contribution in [0.2, 0.25) is 0 Å². The Bertz CT molecular complexity index is 1090. The smallest absolute Gasteiger partial charge is 0.313 e. The molecule has 1 heterocycles. The van der Waals surface area contributed by atoms with Crippen molar-refractivity contribution in [3.05, 3.63) is 77.4 Å². The Kier molecular flexibility index (Phi) is 7.23. The van der Waals surface area contributed by atoms with E-state index >= 15 is 0 Å². The molecule has 1 aliphatic carbocycles. The molecule has 0 saturated carbocycles. The first-order valence-electron chi connectivity index (χ1n) is 11.8. The predicted octanol–water partition coefficient (Wildman–Crippen LogP) is 5.07. The van der Waals surface area contributed by atoms with E-state index in [1.807, 2.05) is 28.8 Å². The van der Waals surface area contributed by atoms with E-state index in [1.54, 1.807) is 13.1 Å². The van der Waals surface area contributed by atoms with Crippen molar-refractivity contribution in [3.63, 3.8) is 0 Å². The molecule has 3 aromatic rings. The van der Waals surface area contributed by atoms with Crippen molar-refractivity contribution in [1.29, 1.82) is 0 Å². The molecule has 1 aromatic heterocycles. The Labute approximate surface area is 195 Å². The summed E-state index contributed by atoms with van der Waals surface area (Å²) in [5.41, 5.74) is 4.77. The second-order valence-corrected chi connectivity index (χ2v) is 8.36. The fraction of sp³-hybridized carbons (Fsp3) is 0.370. The van der Waals surface area contributed by atoms with Crippen LogP contribution in [-0.2, 0) is 22.5 Å². The highest BCUT2D eigenvalue weighted by atomic mass is 16.5. The lowest BCUT2D eigenvalue weighted by Gasteiger charge is -2.15. The summed E-state index contributed by atoms with van der Waals surface area (Å²) in [4.78, 5) is 29.9. The van der Waals surface area contributed by atoms with E-state index in [0.29, 0.717) is 18.1 Å². The number of unbranched alkanes of at least 4 members (excludes halogenated alkanes) is 3. The molecular formula is C27H31N3O3. The van der Waals surface area contributed by atoms with Crippen LogP contribution in [0, 0.1) is 0 Å². The molecule has 0 unspecified atom stereocenters. The Morgan fingerprint density at radius 3 is 2.27 bits per heavy atom. The van der Waals surface area contributed by atoms with Crippen LogP contribution in [0.3, 0.4) is 0 Å². The maximum absolute atomic E-state index is 13.3. The molecule has 0 spiro atoms. The van der Waals surface area contributed by atoms with Gasteiger partial charge in [-0.2, -0.15) is 0 Å². The molecule has 0 fully saturated rings. The van der Waals surface area contributed by atoms with Gasteiger partial charge in [0, 0.05) is 12.7 Å². The molecule has 1 aliphatic rings. The van der Waals surface area contributed by atoms with Crippen LogP contribution in [0.15, 0.2) is 54.7 Å². The lowest BCUT2D eigenvalue weighted by molar-refractivity contribution is -0.142. The fourth-order valence-electron chi connectivity index (χ4n) is 4.46. The van der Waals surface area contributed by atoms with Gasteiger partial charge in [0.2, 0.25) is 0 Å². The number of aryl methyl sites for hydroxylation is 1. The number of esters is 1.